The van der Waals surface area contributed by atoms with E-state index in [0.717, 1.165) is 24.8 Å². The number of allylic oxidation sites excluding steroid dienone is 2. The summed E-state index contributed by atoms with van der Waals surface area (Å²) in [7, 11) is -2.11. The van der Waals surface area contributed by atoms with Gasteiger partial charge in [-0.1, -0.05) is 26.0 Å². The SMILES string of the molecule is CCC(=O)N(C)C[C@@H]1Oc2cc(C3=CCCCC3)ccc2S(=O)(=O)N([C@@H](C)CO)C[C@H]1C. The fourth-order valence-corrected chi connectivity index (χ4v) is 6.21. The lowest BCUT2D eigenvalue weighted by Crippen LogP contribution is -2.50. The molecule has 178 valence electrons. The molecule has 0 saturated carbocycles. The Bertz CT molecular complexity index is 959. The molecule has 0 unspecified atom stereocenters. The Kier molecular flexibility index (Phi) is 8.01. The third kappa shape index (κ3) is 5.18. The van der Waals surface area contributed by atoms with Gasteiger partial charge >= 0.3 is 0 Å². The Morgan fingerprint density at radius 2 is 2.09 bits per heavy atom. The van der Waals surface area contributed by atoms with E-state index in [-0.39, 0.29) is 36.0 Å². The van der Waals surface area contributed by atoms with Crippen LogP contribution in [0.4, 0.5) is 0 Å². The fraction of sp³-hybridized carbons (Fsp3) is 0.625. The number of hydrogen-bond donors (Lipinski definition) is 1. The summed E-state index contributed by atoms with van der Waals surface area (Å²) in [6.07, 6.45) is 6.52. The smallest absolute Gasteiger partial charge is 0.247 e. The zero-order valence-electron chi connectivity index (χ0n) is 19.6. The van der Waals surface area contributed by atoms with E-state index < -0.39 is 16.1 Å². The molecule has 1 amide bonds. The van der Waals surface area contributed by atoms with Gasteiger partial charge < -0.3 is 14.7 Å². The van der Waals surface area contributed by atoms with Gasteiger partial charge in [0.05, 0.1) is 13.2 Å². The predicted octanol–water partition coefficient (Wildman–Crippen LogP) is 3.28. The summed E-state index contributed by atoms with van der Waals surface area (Å²) >= 11 is 0. The maximum absolute atomic E-state index is 13.5. The third-order valence-electron chi connectivity index (χ3n) is 6.51. The van der Waals surface area contributed by atoms with Gasteiger partial charge in [0.25, 0.3) is 0 Å². The minimum Gasteiger partial charge on any atom is -0.487 e. The second-order valence-corrected chi connectivity index (χ2v) is 10.9. The highest BCUT2D eigenvalue weighted by Gasteiger charge is 2.38. The van der Waals surface area contributed by atoms with Gasteiger partial charge in [-0.05, 0) is 55.9 Å². The molecule has 0 aromatic heterocycles. The van der Waals surface area contributed by atoms with Crippen LogP contribution in [0.2, 0.25) is 0 Å². The Labute approximate surface area is 192 Å². The van der Waals surface area contributed by atoms with E-state index in [1.165, 1.54) is 16.3 Å². The molecule has 0 saturated heterocycles. The van der Waals surface area contributed by atoms with Crippen LogP contribution < -0.4 is 4.74 Å². The summed E-state index contributed by atoms with van der Waals surface area (Å²) in [5.41, 5.74) is 2.19. The number of rotatable bonds is 6. The molecule has 32 heavy (non-hydrogen) atoms. The largest absolute Gasteiger partial charge is 0.487 e. The van der Waals surface area contributed by atoms with Gasteiger partial charge in [0.15, 0.2) is 0 Å². The molecule has 0 fully saturated rings. The molecule has 1 N–H and O–H groups in total. The van der Waals surface area contributed by atoms with Crippen molar-refractivity contribution < 1.29 is 23.1 Å². The summed E-state index contributed by atoms with van der Waals surface area (Å²) in [6, 6.07) is 4.74. The van der Waals surface area contributed by atoms with Crippen LogP contribution in [0.15, 0.2) is 29.2 Å². The van der Waals surface area contributed by atoms with Crippen LogP contribution in [-0.4, -0.2) is 67.5 Å². The van der Waals surface area contributed by atoms with E-state index in [1.54, 1.807) is 24.9 Å². The van der Waals surface area contributed by atoms with E-state index >= 15 is 0 Å². The first kappa shape index (κ1) is 24.7. The van der Waals surface area contributed by atoms with Crippen molar-refractivity contribution in [2.24, 2.45) is 5.92 Å². The average Bonchev–Trinajstić information content (AvgIpc) is 2.80. The van der Waals surface area contributed by atoms with Crippen molar-refractivity contribution in [3.63, 3.8) is 0 Å². The fourth-order valence-electron chi connectivity index (χ4n) is 4.39. The molecule has 3 atom stereocenters. The first-order chi connectivity index (χ1) is 15.2. The topological polar surface area (TPSA) is 87.2 Å². The van der Waals surface area contributed by atoms with E-state index in [1.807, 2.05) is 26.0 Å². The number of fused-ring (bicyclic) bond motifs is 1. The number of amides is 1. The molecule has 1 aromatic rings. The first-order valence-corrected chi connectivity index (χ1v) is 13.0. The molecule has 1 aliphatic heterocycles. The number of hydrogen-bond acceptors (Lipinski definition) is 5. The van der Waals surface area contributed by atoms with Crippen molar-refractivity contribution in [3.8, 4) is 5.75 Å². The van der Waals surface area contributed by atoms with Gasteiger partial charge in [0.1, 0.15) is 16.7 Å². The summed E-state index contributed by atoms with van der Waals surface area (Å²) in [6.45, 7) is 5.75. The van der Waals surface area contributed by atoms with Crippen LogP contribution in [-0.2, 0) is 14.8 Å². The zero-order valence-corrected chi connectivity index (χ0v) is 20.4. The minimum absolute atomic E-state index is 0.0115. The highest BCUT2D eigenvalue weighted by atomic mass is 32.2. The molecule has 0 spiro atoms. The van der Waals surface area contributed by atoms with Crippen LogP contribution in [0.5, 0.6) is 5.75 Å². The summed E-state index contributed by atoms with van der Waals surface area (Å²) in [5, 5.41) is 9.75. The number of likely N-dealkylation sites (N-methyl/N-ethyl adjacent to an activating group) is 1. The molecular formula is C24H36N2O5S. The number of ether oxygens (including phenoxy) is 1. The molecule has 1 aliphatic carbocycles. The van der Waals surface area contributed by atoms with Crippen LogP contribution in [0.25, 0.3) is 5.57 Å². The van der Waals surface area contributed by atoms with Gasteiger partial charge in [-0.3, -0.25) is 4.79 Å². The van der Waals surface area contributed by atoms with Gasteiger partial charge in [-0.2, -0.15) is 4.31 Å². The Balaban J connectivity index is 2.07. The third-order valence-corrected chi connectivity index (χ3v) is 8.53. The second kappa shape index (κ2) is 10.4. The lowest BCUT2D eigenvalue weighted by atomic mass is 9.93. The van der Waals surface area contributed by atoms with Gasteiger partial charge in [0.2, 0.25) is 15.9 Å². The average molecular weight is 465 g/mol. The highest BCUT2D eigenvalue weighted by molar-refractivity contribution is 7.89. The number of aliphatic hydroxyl groups is 1. The number of sulfonamides is 1. The van der Waals surface area contributed by atoms with E-state index in [0.29, 0.717) is 18.7 Å². The summed E-state index contributed by atoms with van der Waals surface area (Å²) < 4.78 is 34.8. The summed E-state index contributed by atoms with van der Waals surface area (Å²) in [4.78, 5) is 14.0. The molecule has 1 aromatic carbocycles. The van der Waals surface area contributed by atoms with Crippen molar-refractivity contribution in [1.29, 1.82) is 0 Å². The lowest BCUT2D eigenvalue weighted by molar-refractivity contribution is -0.131. The molecule has 0 radical (unpaired) electrons. The second-order valence-electron chi connectivity index (χ2n) is 9.00. The van der Waals surface area contributed by atoms with Gasteiger partial charge in [-0.15, -0.1) is 0 Å². The van der Waals surface area contributed by atoms with Crippen LogP contribution in [0.1, 0.15) is 58.4 Å². The molecule has 2 aliphatic rings. The number of benzene rings is 1. The van der Waals surface area contributed by atoms with Crippen molar-refractivity contribution >= 4 is 21.5 Å². The van der Waals surface area contributed by atoms with Crippen LogP contribution >= 0.6 is 0 Å². The van der Waals surface area contributed by atoms with Gasteiger partial charge in [0, 0.05) is 32.0 Å². The number of carbonyl (C=O) groups excluding carboxylic acids is 1. The normalized spacial score (nSPS) is 24.3. The molecule has 1 heterocycles. The monoisotopic (exact) mass is 464 g/mol. The quantitative estimate of drug-likeness (QED) is 0.698. The molecular weight excluding hydrogens is 428 g/mol. The maximum atomic E-state index is 13.5. The first-order valence-electron chi connectivity index (χ1n) is 11.6. The van der Waals surface area contributed by atoms with Crippen molar-refractivity contribution in [2.75, 3.05) is 26.7 Å². The van der Waals surface area contributed by atoms with Crippen molar-refractivity contribution in [3.05, 3.63) is 29.8 Å². The predicted molar refractivity (Wildman–Crippen MR) is 125 cm³/mol. The Hall–Kier alpha value is -1.90. The molecule has 3 rings (SSSR count). The van der Waals surface area contributed by atoms with Crippen LogP contribution in [0, 0.1) is 5.92 Å². The van der Waals surface area contributed by atoms with Crippen molar-refractivity contribution in [1.82, 2.24) is 9.21 Å². The summed E-state index contributed by atoms with van der Waals surface area (Å²) in [5.74, 6) is 0.145. The molecule has 0 bridgehead atoms. The highest BCUT2D eigenvalue weighted by Crippen LogP contribution is 2.37. The minimum atomic E-state index is -3.86. The lowest BCUT2D eigenvalue weighted by Gasteiger charge is -2.37. The Morgan fingerprint density at radius 3 is 2.72 bits per heavy atom. The zero-order chi connectivity index (χ0) is 23.5. The number of nitrogens with zero attached hydrogens (tertiary/aromatic N) is 2. The standard InChI is InChI=1S/C24H36N2O5S/c1-5-24(28)25(4)15-22-17(2)14-26(18(3)16-27)32(29,30)23-12-11-20(13-21(23)31-22)19-9-7-6-8-10-19/h9,11-13,17-18,22,27H,5-8,10,14-16H2,1-4H3/t17-,18+,22+/m1/s1. The van der Waals surface area contributed by atoms with Crippen molar-refractivity contribution in [2.45, 2.75) is 69.9 Å². The number of carbonyl (C=O) groups is 1. The van der Waals surface area contributed by atoms with E-state index in [9.17, 15) is 18.3 Å². The number of aliphatic hydroxyl groups excluding tert-OH is 1. The van der Waals surface area contributed by atoms with Crippen LogP contribution in [0.3, 0.4) is 0 Å². The van der Waals surface area contributed by atoms with E-state index in [2.05, 4.69) is 6.08 Å². The Morgan fingerprint density at radius 1 is 1.34 bits per heavy atom. The van der Waals surface area contributed by atoms with Gasteiger partial charge in [-0.25, -0.2) is 8.42 Å². The molecule has 7 nitrogen and oxygen atoms in total. The molecule has 8 heteroatoms. The maximum Gasteiger partial charge on any atom is 0.247 e. The van der Waals surface area contributed by atoms with E-state index in [4.69, 9.17) is 4.74 Å².